The maximum atomic E-state index is 10.6. The second kappa shape index (κ2) is 10.4. The van der Waals surface area contributed by atoms with Crippen molar-refractivity contribution in [1.82, 2.24) is 15.3 Å². The Hall–Kier alpha value is -3.46. The number of alkyl halides is 3. The van der Waals surface area contributed by atoms with E-state index in [2.05, 4.69) is 58.6 Å². The topological polar surface area (TPSA) is 84.3 Å². The van der Waals surface area contributed by atoms with Crippen LogP contribution in [0.4, 0.5) is 13.2 Å². The summed E-state index contributed by atoms with van der Waals surface area (Å²) in [4.78, 5) is 17.0. The second-order valence-corrected chi connectivity index (χ2v) is 7.79. The van der Waals surface area contributed by atoms with Crippen LogP contribution in [0.3, 0.4) is 0 Å². The Labute approximate surface area is 189 Å². The Bertz CT molecular complexity index is 1060. The third kappa shape index (κ3) is 6.76. The van der Waals surface area contributed by atoms with Crippen molar-refractivity contribution in [3.8, 4) is 11.6 Å². The Morgan fingerprint density at radius 2 is 1.85 bits per heavy atom. The van der Waals surface area contributed by atoms with Gasteiger partial charge in [-0.05, 0) is 55.0 Å². The third-order valence-corrected chi connectivity index (χ3v) is 5.35. The minimum atomic E-state index is -5.08. The molecule has 0 fully saturated rings. The molecule has 2 N–H and O–H groups in total. The fraction of sp³-hybridized carbons (Fsp3) is 0.292. The number of carboxylic acids is 1. The van der Waals surface area contributed by atoms with Gasteiger partial charge >= 0.3 is 12.1 Å². The van der Waals surface area contributed by atoms with Gasteiger partial charge in [0.05, 0.1) is 6.20 Å². The fourth-order valence-corrected chi connectivity index (χ4v) is 3.66. The van der Waals surface area contributed by atoms with Crippen molar-refractivity contribution >= 4 is 5.97 Å². The Kier molecular flexibility index (Phi) is 7.65. The summed E-state index contributed by atoms with van der Waals surface area (Å²) in [5.41, 5.74) is 4.18. The zero-order valence-electron chi connectivity index (χ0n) is 18.0. The van der Waals surface area contributed by atoms with Gasteiger partial charge in [0.2, 0.25) is 5.88 Å². The highest BCUT2D eigenvalue weighted by Gasteiger charge is 2.38. The van der Waals surface area contributed by atoms with E-state index in [-0.39, 0.29) is 5.54 Å². The maximum Gasteiger partial charge on any atom is 0.490 e. The number of aryl methyl sites for hydroxylation is 1. The van der Waals surface area contributed by atoms with Crippen LogP contribution in [-0.4, -0.2) is 27.2 Å². The van der Waals surface area contributed by atoms with Crippen LogP contribution in [0.1, 0.15) is 36.5 Å². The van der Waals surface area contributed by atoms with Gasteiger partial charge in [0.15, 0.2) is 0 Å². The van der Waals surface area contributed by atoms with Gasteiger partial charge in [-0.3, -0.25) is 4.98 Å². The molecule has 0 bridgehead atoms. The lowest BCUT2D eigenvalue weighted by atomic mass is 9.77. The Morgan fingerprint density at radius 3 is 2.48 bits per heavy atom. The molecule has 0 aliphatic heterocycles. The monoisotopic (exact) mass is 459 g/mol. The Morgan fingerprint density at radius 1 is 1.15 bits per heavy atom. The lowest BCUT2D eigenvalue weighted by Gasteiger charge is -2.37. The summed E-state index contributed by atoms with van der Waals surface area (Å²) in [7, 11) is 0. The van der Waals surface area contributed by atoms with E-state index >= 15 is 0 Å². The molecule has 174 valence electrons. The molecule has 6 nitrogen and oxygen atoms in total. The number of hydrogen-bond donors (Lipinski definition) is 2. The summed E-state index contributed by atoms with van der Waals surface area (Å²) in [5, 5.41) is 10.9. The summed E-state index contributed by atoms with van der Waals surface area (Å²) < 4.78 is 37.4. The average molecular weight is 459 g/mol. The average Bonchev–Trinajstić information content (AvgIpc) is 2.80. The highest BCUT2D eigenvalue weighted by Crippen LogP contribution is 2.35. The van der Waals surface area contributed by atoms with E-state index in [1.807, 2.05) is 12.1 Å². The summed E-state index contributed by atoms with van der Waals surface area (Å²) in [6.45, 7) is 3.15. The lowest BCUT2D eigenvalue weighted by molar-refractivity contribution is -0.192. The van der Waals surface area contributed by atoms with Crippen LogP contribution in [-0.2, 0) is 23.3 Å². The molecular formula is C24H24F3N3O3. The third-order valence-electron chi connectivity index (χ3n) is 5.35. The van der Waals surface area contributed by atoms with Crippen molar-refractivity contribution in [3.05, 3.63) is 83.8 Å². The molecule has 4 rings (SSSR count). The number of benzene rings is 2. The number of carbonyl (C=O) groups is 1. The molecule has 9 heteroatoms. The van der Waals surface area contributed by atoms with Crippen LogP contribution >= 0.6 is 0 Å². The van der Waals surface area contributed by atoms with Crippen LogP contribution in [0, 0.1) is 0 Å². The van der Waals surface area contributed by atoms with Crippen molar-refractivity contribution in [2.24, 2.45) is 0 Å². The van der Waals surface area contributed by atoms with Gasteiger partial charge in [-0.1, -0.05) is 36.4 Å². The Balaban J connectivity index is 0.000000383. The van der Waals surface area contributed by atoms with Gasteiger partial charge in [0, 0.05) is 24.5 Å². The van der Waals surface area contributed by atoms with Crippen LogP contribution in [0.2, 0.25) is 0 Å². The number of ether oxygens (including phenoxy) is 1. The molecule has 2 aromatic carbocycles. The van der Waals surface area contributed by atoms with Crippen LogP contribution in [0.5, 0.6) is 11.6 Å². The van der Waals surface area contributed by atoms with Gasteiger partial charge in [-0.25, -0.2) is 9.78 Å². The summed E-state index contributed by atoms with van der Waals surface area (Å²) in [5.74, 6) is -1.49. The fourth-order valence-electron chi connectivity index (χ4n) is 3.66. The number of carboxylic acid groups (broad SMARTS) is 1. The van der Waals surface area contributed by atoms with Crippen LogP contribution in [0.25, 0.3) is 0 Å². The molecule has 33 heavy (non-hydrogen) atoms. The zero-order chi connectivity index (χ0) is 23.9. The van der Waals surface area contributed by atoms with E-state index in [1.54, 1.807) is 18.6 Å². The largest absolute Gasteiger partial charge is 0.490 e. The molecule has 0 spiro atoms. The number of rotatable bonds is 5. The summed E-state index contributed by atoms with van der Waals surface area (Å²) >= 11 is 0. The van der Waals surface area contributed by atoms with Gasteiger partial charge in [0.1, 0.15) is 5.75 Å². The molecule has 1 aliphatic carbocycles. The first-order valence-electron chi connectivity index (χ1n) is 10.3. The minimum absolute atomic E-state index is 0.0314. The predicted octanol–water partition coefficient (Wildman–Crippen LogP) is 5.24. The van der Waals surface area contributed by atoms with E-state index in [9.17, 15) is 13.2 Å². The van der Waals surface area contributed by atoms with Crippen LogP contribution in [0.15, 0.2) is 67.1 Å². The lowest BCUT2D eigenvalue weighted by Crippen LogP contribution is -2.41. The highest BCUT2D eigenvalue weighted by molar-refractivity contribution is 5.73. The molecular weight excluding hydrogens is 435 g/mol. The van der Waals surface area contributed by atoms with Gasteiger partial charge in [-0.15, -0.1) is 0 Å². The number of fused-ring (bicyclic) bond motifs is 1. The number of nitrogens with zero attached hydrogens (tertiary/aromatic N) is 2. The SMILES string of the molecule is CC1(NCc2ccc(Oc3cnccn3)cc2)CCCc2ccccc21.O=C(O)C(F)(F)F. The van der Waals surface area contributed by atoms with Crippen molar-refractivity contribution in [3.63, 3.8) is 0 Å². The first-order chi connectivity index (χ1) is 15.7. The number of aromatic nitrogens is 2. The first-order valence-corrected chi connectivity index (χ1v) is 10.3. The molecule has 0 saturated heterocycles. The van der Waals surface area contributed by atoms with E-state index in [4.69, 9.17) is 14.6 Å². The van der Waals surface area contributed by atoms with Gasteiger partial charge in [-0.2, -0.15) is 13.2 Å². The van der Waals surface area contributed by atoms with Crippen molar-refractivity contribution in [2.45, 2.75) is 44.4 Å². The van der Waals surface area contributed by atoms with E-state index in [1.165, 1.54) is 29.5 Å². The van der Waals surface area contributed by atoms with E-state index < -0.39 is 12.1 Å². The summed E-state index contributed by atoms with van der Waals surface area (Å²) in [6, 6.07) is 16.9. The number of nitrogens with one attached hydrogen (secondary N) is 1. The van der Waals surface area contributed by atoms with Gasteiger partial charge in [0.25, 0.3) is 0 Å². The molecule has 3 aromatic rings. The quantitative estimate of drug-likeness (QED) is 0.543. The highest BCUT2D eigenvalue weighted by atomic mass is 19.4. The van der Waals surface area contributed by atoms with Crippen LogP contribution < -0.4 is 10.1 Å². The van der Waals surface area contributed by atoms with Crippen molar-refractivity contribution < 1.29 is 27.8 Å². The zero-order valence-corrected chi connectivity index (χ0v) is 18.0. The van der Waals surface area contributed by atoms with E-state index in [0.29, 0.717) is 5.88 Å². The molecule has 1 aliphatic rings. The predicted molar refractivity (Wildman–Crippen MR) is 116 cm³/mol. The maximum absolute atomic E-state index is 10.6. The number of halogens is 3. The molecule has 1 aromatic heterocycles. The van der Waals surface area contributed by atoms with Crippen molar-refractivity contribution in [2.75, 3.05) is 0 Å². The molecule has 0 radical (unpaired) electrons. The molecule has 0 amide bonds. The second-order valence-electron chi connectivity index (χ2n) is 7.79. The van der Waals surface area contributed by atoms with E-state index in [0.717, 1.165) is 18.7 Å². The minimum Gasteiger partial charge on any atom is -0.475 e. The first kappa shape index (κ1) is 24.2. The molecule has 1 atom stereocenters. The number of hydrogen-bond acceptors (Lipinski definition) is 5. The smallest absolute Gasteiger partial charge is 0.475 e. The van der Waals surface area contributed by atoms with Crippen molar-refractivity contribution in [1.29, 1.82) is 0 Å². The number of aliphatic carboxylic acids is 1. The normalized spacial score (nSPS) is 17.3. The van der Waals surface area contributed by atoms with Gasteiger partial charge < -0.3 is 15.2 Å². The molecule has 1 heterocycles. The molecule has 0 saturated carbocycles. The standard InChI is InChI=1S/C22H23N3O.C2HF3O2/c1-22(12-4-6-18-5-2-3-7-20(18)22)25-15-17-8-10-19(11-9-17)26-21-16-23-13-14-24-21;3-2(4,5)1(6)7/h2-3,5,7-11,13-14,16,25H,4,6,12,15H2,1H3;(H,6,7). The summed E-state index contributed by atoms with van der Waals surface area (Å²) in [6.07, 6.45) is 3.35. The molecule has 1 unspecified atom stereocenters.